The van der Waals surface area contributed by atoms with Gasteiger partial charge < -0.3 is 4.42 Å². The molecule has 5 heteroatoms. The number of nitrogens with zero attached hydrogens (tertiary/aromatic N) is 2. The number of hydrogen-bond donors (Lipinski definition) is 0. The van der Waals surface area contributed by atoms with E-state index < -0.39 is 0 Å². The molecule has 0 aliphatic heterocycles. The van der Waals surface area contributed by atoms with Crippen LogP contribution in [0.15, 0.2) is 33.7 Å². The maximum Gasteiger partial charge on any atom is 0.255 e. The Bertz CT molecular complexity index is 558. The molecule has 2 aromatic rings. The fourth-order valence-corrected chi connectivity index (χ4v) is 1.83. The molecular weight excluding hydrogens is 240 g/mol. The predicted octanol–water partition coefficient (Wildman–Crippen LogP) is 2.66. The maximum absolute atomic E-state index is 11.9. The molecule has 90 valence electrons. The minimum atomic E-state index is -0.162. The van der Waals surface area contributed by atoms with Gasteiger partial charge >= 0.3 is 0 Å². The summed E-state index contributed by atoms with van der Waals surface area (Å²) >= 11 is 5.80. The van der Waals surface area contributed by atoms with E-state index in [1.54, 1.807) is 16.9 Å². The smallest absolute Gasteiger partial charge is 0.255 e. The highest BCUT2D eigenvalue weighted by molar-refractivity contribution is 6.29. The predicted molar refractivity (Wildman–Crippen MR) is 65.4 cm³/mol. The number of halogens is 1. The first-order chi connectivity index (χ1) is 8.08. The molecule has 0 radical (unpaired) electrons. The summed E-state index contributed by atoms with van der Waals surface area (Å²) in [5.41, 5.74) is -0.162. The third-order valence-corrected chi connectivity index (χ3v) is 2.61. The topological polar surface area (TPSA) is 48.0 Å². The van der Waals surface area contributed by atoms with E-state index in [1.807, 2.05) is 19.9 Å². The Morgan fingerprint density at radius 3 is 2.88 bits per heavy atom. The van der Waals surface area contributed by atoms with Crippen LogP contribution in [-0.4, -0.2) is 9.55 Å². The van der Waals surface area contributed by atoms with Gasteiger partial charge in [-0.05, 0) is 12.1 Å². The average molecular weight is 253 g/mol. The van der Waals surface area contributed by atoms with Crippen molar-refractivity contribution < 1.29 is 4.42 Å². The van der Waals surface area contributed by atoms with Crippen LogP contribution in [-0.2, 0) is 6.54 Å². The van der Waals surface area contributed by atoms with Crippen LogP contribution in [0.3, 0.4) is 0 Å². The van der Waals surface area contributed by atoms with E-state index >= 15 is 0 Å². The van der Waals surface area contributed by atoms with Crippen molar-refractivity contribution in [3.05, 3.63) is 51.6 Å². The van der Waals surface area contributed by atoms with Gasteiger partial charge in [-0.15, -0.1) is 0 Å². The van der Waals surface area contributed by atoms with Gasteiger partial charge in [0.1, 0.15) is 16.7 Å². The zero-order chi connectivity index (χ0) is 12.4. The summed E-state index contributed by atoms with van der Waals surface area (Å²) in [4.78, 5) is 16.1. The second kappa shape index (κ2) is 4.75. The van der Waals surface area contributed by atoms with Crippen molar-refractivity contribution in [3.63, 3.8) is 0 Å². The molecule has 0 aliphatic rings. The molecule has 0 spiro atoms. The highest BCUT2D eigenvalue weighted by atomic mass is 35.5. The monoisotopic (exact) mass is 252 g/mol. The van der Waals surface area contributed by atoms with Crippen molar-refractivity contribution in [3.8, 4) is 0 Å². The third-order valence-electron chi connectivity index (χ3n) is 2.42. The lowest BCUT2D eigenvalue weighted by molar-refractivity contribution is 0.477. The second-order valence-corrected chi connectivity index (χ2v) is 4.48. The lowest BCUT2D eigenvalue weighted by atomic mass is 10.2. The van der Waals surface area contributed by atoms with Crippen LogP contribution in [0.1, 0.15) is 31.4 Å². The molecule has 0 fully saturated rings. The summed E-state index contributed by atoms with van der Waals surface area (Å²) < 4.78 is 6.82. The molecule has 0 aromatic carbocycles. The Labute approximate surface area is 104 Å². The maximum atomic E-state index is 11.9. The van der Waals surface area contributed by atoms with Gasteiger partial charge in [0.2, 0.25) is 0 Å². The minimum Gasteiger partial charge on any atom is -0.467 e. The first-order valence-electron chi connectivity index (χ1n) is 5.37. The molecule has 4 nitrogen and oxygen atoms in total. The highest BCUT2D eigenvalue weighted by Crippen LogP contribution is 2.14. The molecule has 2 aromatic heterocycles. The average Bonchev–Trinajstić information content (AvgIpc) is 2.74. The Hall–Kier alpha value is -1.55. The van der Waals surface area contributed by atoms with Gasteiger partial charge in [-0.3, -0.25) is 9.36 Å². The first-order valence-corrected chi connectivity index (χ1v) is 5.75. The van der Waals surface area contributed by atoms with Crippen molar-refractivity contribution >= 4 is 11.6 Å². The van der Waals surface area contributed by atoms with Crippen LogP contribution in [0.25, 0.3) is 0 Å². The van der Waals surface area contributed by atoms with Gasteiger partial charge in [-0.2, -0.15) is 0 Å². The molecular formula is C12H13ClN2O2. The quantitative estimate of drug-likeness (QED) is 0.789. The summed E-state index contributed by atoms with van der Waals surface area (Å²) in [6.07, 6.45) is 1.58. The summed E-state index contributed by atoms with van der Waals surface area (Å²) in [5, 5.41) is 0.231. The van der Waals surface area contributed by atoms with E-state index in [9.17, 15) is 4.79 Å². The van der Waals surface area contributed by atoms with Crippen molar-refractivity contribution in [1.29, 1.82) is 0 Å². The van der Waals surface area contributed by atoms with Gasteiger partial charge in [0, 0.05) is 12.0 Å². The van der Waals surface area contributed by atoms with Gasteiger partial charge in [-0.25, -0.2) is 4.98 Å². The Morgan fingerprint density at radius 2 is 2.29 bits per heavy atom. The molecule has 0 N–H and O–H groups in total. The van der Waals surface area contributed by atoms with Gasteiger partial charge in [-0.1, -0.05) is 25.4 Å². The largest absolute Gasteiger partial charge is 0.467 e. The van der Waals surface area contributed by atoms with Crippen molar-refractivity contribution in [2.24, 2.45) is 0 Å². The number of hydrogen-bond acceptors (Lipinski definition) is 3. The van der Waals surface area contributed by atoms with Crippen LogP contribution in [0.5, 0.6) is 0 Å². The van der Waals surface area contributed by atoms with Gasteiger partial charge in [0.15, 0.2) is 0 Å². The summed E-state index contributed by atoms with van der Waals surface area (Å²) in [6, 6.07) is 4.93. The van der Waals surface area contributed by atoms with Crippen LogP contribution in [0, 0.1) is 0 Å². The summed E-state index contributed by atoms with van der Waals surface area (Å²) in [5.74, 6) is 1.51. The number of rotatable bonds is 3. The van der Waals surface area contributed by atoms with E-state index in [2.05, 4.69) is 4.98 Å². The lowest BCUT2D eigenvalue weighted by Gasteiger charge is -2.13. The molecule has 0 unspecified atom stereocenters. The lowest BCUT2D eigenvalue weighted by Crippen LogP contribution is -2.25. The van der Waals surface area contributed by atoms with E-state index in [4.69, 9.17) is 16.0 Å². The van der Waals surface area contributed by atoms with Crippen molar-refractivity contribution in [1.82, 2.24) is 9.55 Å². The SMILES string of the molecule is CC(C)c1nc(Cl)cc(=O)n1Cc1ccco1. The van der Waals surface area contributed by atoms with Gasteiger partial charge in [0.25, 0.3) is 5.56 Å². The fourth-order valence-electron chi connectivity index (χ4n) is 1.65. The zero-order valence-electron chi connectivity index (χ0n) is 9.68. The Morgan fingerprint density at radius 1 is 1.53 bits per heavy atom. The Balaban J connectivity index is 2.48. The normalized spacial score (nSPS) is 11.1. The molecule has 2 heterocycles. The molecule has 17 heavy (non-hydrogen) atoms. The molecule has 0 bridgehead atoms. The van der Waals surface area contributed by atoms with E-state index in [-0.39, 0.29) is 16.6 Å². The molecule has 0 amide bonds. The standard InChI is InChI=1S/C12H13ClN2O2/c1-8(2)12-14-10(13)6-11(16)15(12)7-9-4-3-5-17-9/h3-6,8H,7H2,1-2H3. The Kier molecular flexibility index (Phi) is 3.33. The molecule has 0 saturated heterocycles. The third kappa shape index (κ3) is 2.58. The molecule has 2 rings (SSSR count). The highest BCUT2D eigenvalue weighted by Gasteiger charge is 2.12. The molecule has 0 aliphatic carbocycles. The van der Waals surface area contributed by atoms with E-state index in [0.29, 0.717) is 12.4 Å². The van der Waals surface area contributed by atoms with Crippen LogP contribution in [0.2, 0.25) is 5.15 Å². The first kappa shape index (κ1) is 11.9. The zero-order valence-corrected chi connectivity index (χ0v) is 10.4. The molecule has 0 atom stereocenters. The van der Waals surface area contributed by atoms with E-state index in [0.717, 1.165) is 5.76 Å². The second-order valence-electron chi connectivity index (χ2n) is 4.10. The molecule has 0 saturated carbocycles. The number of aromatic nitrogens is 2. The van der Waals surface area contributed by atoms with E-state index in [1.165, 1.54) is 6.07 Å². The van der Waals surface area contributed by atoms with Crippen molar-refractivity contribution in [2.75, 3.05) is 0 Å². The summed E-state index contributed by atoms with van der Waals surface area (Å²) in [7, 11) is 0. The van der Waals surface area contributed by atoms with Crippen LogP contribution in [0.4, 0.5) is 0 Å². The van der Waals surface area contributed by atoms with Crippen LogP contribution >= 0.6 is 11.6 Å². The van der Waals surface area contributed by atoms with Gasteiger partial charge in [0.05, 0.1) is 12.8 Å². The minimum absolute atomic E-state index is 0.122. The summed E-state index contributed by atoms with van der Waals surface area (Å²) in [6.45, 7) is 4.32. The number of furan rings is 1. The van der Waals surface area contributed by atoms with Crippen molar-refractivity contribution in [2.45, 2.75) is 26.3 Å². The fraction of sp³-hybridized carbons (Fsp3) is 0.333. The van der Waals surface area contributed by atoms with Crippen LogP contribution < -0.4 is 5.56 Å².